The Hall–Kier alpha value is -3.81. The van der Waals surface area contributed by atoms with Crippen molar-refractivity contribution in [2.24, 2.45) is 5.92 Å². The van der Waals surface area contributed by atoms with Crippen molar-refractivity contribution >= 4 is 17.8 Å². The van der Waals surface area contributed by atoms with Crippen molar-refractivity contribution in [2.45, 2.75) is 27.2 Å². The minimum atomic E-state index is -0.314. The number of nitrogens with one attached hydrogen (secondary N) is 1. The van der Waals surface area contributed by atoms with E-state index >= 15 is 0 Å². The monoisotopic (exact) mass is 464 g/mol. The smallest absolute Gasteiger partial charge is 0.246 e. The van der Waals surface area contributed by atoms with Crippen molar-refractivity contribution in [3.05, 3.63) is 54.7 Å². The molecule has 1 N–H and O–H groups in total. The third-order valence-corrected chi connectivity index (χ3v) is 5.32. The van der Waals surface area contributed by atoms with Gasteiger partial charge < -0.3 is 14.4 Å². The largest absolute Gasteiger partial charge is 0.493 e. The van der Waals surface area contributed by atoms with Gasteiger partial charge in [0.1, 0.15) is 0 Å². The number of likely N-dealkylation sites (N-methyl/N-ethyl adjacent to an activating group) is 1. The minimum absolute atomic E-state index is 0.0402. The van der Waals surface area contributed by atoms with Crippen LogP contribution < -0.4 is 14.8 Å². The fourth-order valence-electron chi connectivity index (χ4n) is 3.58. The summed E-state index contributed by atoms with van der Waals surface area (Å²) < 4.78 is 12.6. The summed E-state index contributed by atoms with van der Waals surface area (Å²) in [5, 5.41) is 2.89. The highest BCUT2D eigenvalue weighted by molar-refractivity contribution is 5.94. The molecule has 8 nitrogen and oxygen atoms in total. The van der Waals surface area contributed by atoms with Crippen molar-refractivity contribution in [1.82, 2.24) is 14.5 Å². The Kier molecular flexibility index (Phi) is 8.29. The average molecular weight is 465 g/mol. The molecule has 1 heterocycles. The topological polar surface area (TPSA) is 85.7 Å². The van der Waals surface area contributed by atoms with Gasteiger partial charge in [-0.1, -0.05) is 44.2 Å². The first kappa shape index (κ1) is 24.8. The van der Waals surface area contributed by atoms with Crippen LogP contribution in [0.5, 0.6) is 11.5 Å². The molecule has 0 fully saturated rings. The molecule has 0 saturated carbocycles. The number of carbonyl (C=O) groups is 2. The molecule has 0 bridgehead atoms. The van der Waals surface area contributed by atoms with E-state index in [1.165, 1.54) is 0 Å². The molecule has 180 valence electrons. The molecule has 3 rings (SSSR count). The average Bonchev–Trinajstić information content (AvgIpc) is 3.25. The van der Waals surface area contributed by atoms with Gasteiger partial charge in [0.15, 0.2) is 11.5 Å². The van der Waals surface area contributed by atoms with Gasteiger partial charge in [-0.05, 0) is 25.0 Å². The predicted octanol–water partition coefficient (Wildman–Crippen LogP) is 4.39. The quantitative estimate of drug-likeness (QED) is 0.481. The Bertz CT molecular complexity index is 1130. The van der Waals surface area contributed by atoms with E-state index in [0.29, 0.717) is 36.1 Å². The fraction of sp³-hybridized carbons (Fsp3) is 0.346. The lowest BCUT2D eigenvalue weighted by molar-refractivity contribution is -0.135. The second-order valence-corrected chi connectivity index (χ2v) is 8.28. The van der Waals surface area contributed by atoms with Gasteiger partial charge in [-0.25, -0.2) is 4.98 Å². The number of hydrogen-bond acceptors (Lipinski definition) is 5. The summed E-state index contributed by atoms with van der Waals surface area (Å²) >= 11 is 0. The lowest BCUT2D eigenvalue weighted by Crippen LogP contribution is -2.38. The number of carbonyl (C=O) groups excluding carboxylic acids is 2. The minimum Gasteiger partial charge on any atom is -0.493 e. The zero-order chi connectivity index (χ0) is 24.7. The highest BCUT2D eigenvalue weighted by Crippen LogP contribution is 2.31. The van der Waals surface area contributed by atoms with Crippen LogP contribution in [0.2, 0.25) is 0 Å². The van der Waals surface area contributed by atoms with Gasteiger partial charge in [0.25, 0.3) is 0 Å². The summed E-state index contributed by atoms with van der Waals surface area (Å²) in [6.07, 6.45) is 2.26. The summed E-state index contributed by atoms with van der Waals surface area (Å²) in [5.74, 6) is 1.38. The molecule has 0 saturated heterocycles. The Morgan fingerprint density at radius 3 is 2.38 bits per heavy atom. The van der Waals surface area contributed by atoms with Crippen LogP contribution in [0.1, 0.15) is 27.2 Å². The van der Waals surface area contributed by atoms with E-state index in [2.05, 4.69) is 10.3 Å². The number of imidazole rings is 1. The third kappa shape index (κ3) is 5.95. The van der Waals surface area contributed by atoms with E-state index in [0.717, 1.165) is 11.3 Å². The molecule has 3 aromatic rings. The van der Waals surface area contributed by atoms with Gasteiger partial charge in [0.2, 0.25) is 17.8 Å². The van der Waals surface area contributed by atoms with Gasteiger partial charge in [-0.2, -0.15) is 0 Å². The van der Waals surface area contributed by atoms with Crippen LogP contribution in [0.15, 0.2) is 54.7 Å². The SMILES string of the molecule is CCN(CC(=O)Nc1nc(-c2ccccc2)cn1-c1ccc(OC)c(OC)c1)C(=O)CC(C)C. The van der Waals surface area contributed by atoms with Crippen LogP contribution in [0.25, 0.3) is 16.9 Å². The molecule has 2 amide bonds. The lowest BCUT2D eigenvalue weighted by Gasteiger charge is -2.21. The molecule has 0 unspecified atom stereocenters. The first-order valence-electron chi connectivity index (χ1n) is 11.3. The second kappa shape index (κ2) is 11.4. The van der Waals surface area contributed by atoms with E-state index in [1.807, 2.05) is 69.4 Å². The molecule has 0 atom stereocenters. The van der Waals surface area contributed by atoms with Crippen LogP contribution >= 0.6 is 0 Å². The number of methoxy groups -OCH3 is 2. The summed E-state index contributed by atoms with van der Waals surface area (Å²) in [6.45, 7) is 6.25. The van der Waals surface area contributed by atoms with Crippen LogP contribution in [-0.4, -0.2) is 53.6 Å². The number of ether oxygens (including phenoxy) is 2. The molecule has 8 heteroatoms. The van der Waals surface area contributed by atoms with E-state index in [-0.39, 0.29) is 24.3 Å². The first-order valence-corrected chi connectivity index (χ1v) is 11.3. The number of amides is 2. The van der Waals surface area contributed by atoms with Gasteiger partial charge in [-0.3, -0.25) is 19.5 Å². The van der Waals surface area contributed by atoms with Crippen LogP contribution in [0.3, 0.4) is 0 Å². The second-order valence-electron chi connectivity index (χ2n) is 8.28. The molecule has 34 heavy (non-hydrogen) atoms. The Morgan fingerprint density at radius 1 is 1.06 bits per heavy atom. The molecule has 0 radical (unpaired) electrons. The van der Waals surface area contributed by atoms with Gasteiger partial charge in [-0.15, -0.1) is 0 Å². The highest BCUT2D eigenvalue weighted by atomic mass is 16.5. The van der Waals surface area contributed by atoms with Gasteiger partial charge in [0.05, 0.1) is 32.1 Å². The van der Waals surface area contributed by atoms with Crippen molar-refractivity contribution in [2.75, 3.05) is 32.6 Å². The summed E-state index contributed by atoms with van der Waals surface area (Å²) in [6, 6.07) is 15.2. The van der Waals surface area contributed by atoms with Gasteiger partial charge >= 0.3 is 0 Å². The fourth-order valence-corrected chi connectivity index (χ4v) is 3.58. The van der Waals surface area contributed by atoms with Crippen LogP contribution in [0.4, 0.5) is 5.95 Å². The number of nitrogens with zero attached hydrogens (tertiary/aromatic N) is 3. The molecule has 0 aliphatic rings. The zero-order valence-electron chi connectivity index (χ0n) is 20.4. The van der Waals surface area contributed by atoms with Crippen LogP contribution in [-0.2, 0) is 9.59 Å². The molecule has 0 spiro atoms. The number of aromatic nitrogens is 2. The summed E-state index contributed by atoms with van der Waals surface area (Å²) in [4.78, 5) is 31.6. The Morgan fingerprint density at radius 2 is 1.76 bits per heavy atom. The van der Waals surface area contributed by atoms with Crippen LogP contribution in [0, 0.1) is 5.92 Å². The number of benzene rings is 2. The van der Waals surface area contributed by atoms with Crippen molar-refractivity contribution in [1.29, 1.82) is 0 Å². The maximum Gasteiger partial charge on any atom is 0.246 e. The number of rotatable bonds is 10. The van der Waals surface area contributed by atoms with Gasteiger partial charge in [0, 0.05) is 30.8 Å². The Balaban J connectivity index is 1.93. The normalized spacial score (nSPS) is 10.8. The molecule has 1 aromatic heterocycles. The summed E-state index contributed by atoms with van der Waals surface area (Å²) in [7, 11) is 3.15. The first-order chi connectivity index (χ1) is 16.4. The Labute approximate surface area is 200 Å². The standard InChI is InChI=1S/C26H32N4O4/c1-6-29(25(32)14-18(2)3)17-24(31)28-26-27-21(19-10-8-7-9-11-19)16-30(26)20-12-13-22(33-4)23(15-20)34-5/h7-13,15-16,18H,6,14,17H2,1-5H3,(H,27,28,31). The molecule has 0 aliphatic carbocycles. The number of hydrogen-bond donors (Lipinski definition) is 1. The predicted molar refractivity (Wildman–Crippen MR) is 132 cm³/mol. The molecular formula is C26H32N4O4. The number of anilines is 1. The maximum absolute atomic E-state index is 12.9. The highest BCUT2D eigenvalue weighted by Gasteiger charge is 2.20. The zero-order valence-corrected chi connectivity index (χ0v) is 20.4. The lowest BCUT2D eigenvalue weighted by atomic mass is 10.1. The summed E-state index contributed by atoms with van der Waals surface area (Å²) in [5.41, 5.74) is 2.36. The van der Waals surface area contributed by atoms with Crippen molar-refractivity contribution in [3.63, 3.8) is 0 Å². The maximum atomic E-state index is 12.9. The van der Waals surface area contributed by atoms with Crippen molar-refractivity contribution < 1.29 is 19.1 Å². The van der Waals surface area contributed by atoms with E-state index in [4.69, 9.17) is 9.47 Å². The molecule has 2 aromatic carbocycles. The van der Waals surface area contributed by atoms with E-state index in [1.54, 1.807) is 29.8 Å². The molecular weight excluding hydrogens is 432 g/mol. The van der Waals surface area contributed by atoms with E-state index < -0.39 is 0 Å². The van der Waals surface area contributed by atoms with Crippen molar-refractivity contribution in [3.8, 4) is 28.4 Å². The van der Waals surface area contributed by atoms with E-state index in [9.17, 15) is 9.59 Å². The third-order valence-electron chi connectivity index (χ3n) is 5.32. The molecule has 0 aliphatic heterocycles.